The van der Waals surface area contributed by atoms with Crippen molar-refractivity contribution in [1.82, 2.24) is 30.1 Å². The van der Waals surface area contributed by atoms with Crippen molar-refractivity contribution in [1.29, 1.82) is 0 Å². The number of aliphatic hydroxyl groups excluding tert-OH is 1. The Morgan fingerprint density at radius 2 is 2.00 bits per heavy atom. The van der Waals surface area contributed by atoms with E-state index in [-0.39, 0.29) is 42.3 Å². The highest BCUT2D eigenvalue weighted by Crippen LogP contribution is 2.31. The van der Waals surface area contributed by atoms with Gasteiger partial charge >= 0.3 is 0 Å². The standard InChI is InChI=1S/C25H31ClN6O4S/c1-15(2)30-8-5-16(6-9-30)27-24(34)20-12-19(25(35)31-10-7-18(33)14-31)28-32(20)13-17-11-21(36-29-17)22-3-4-23(26)37-22/h3-4,11-12,15-16,18,33H,5-10,13-14H2,1-2H3,(H,27,34). The molecule has 2 aliphatic rings. The molecule has 5 rings (SSSR count). The second-order valence-corrected chi connectivity index (χ2v) is 11.6. The Balaban J connectivity index is 1.35. The monoisotopic (exact) mass is 546 g/mol. The molecular weight excluding hydrogens is 516 g/mol. The van der Waals surface area contributed by atoms with Gasteiger partial charge in [-0.2, -0.15) is 5.10 Å². The Kier molecular flexibility index (Phi) is 7.66. The molecule has 0 aliphatic carbocycles. The lowest BCUT2D eigenvalue weighted by atomic mass is 10.0. The van der Waals surface area contributed by atoms with E-state index in [1.54, 1.807) is 17.0 Å². The maximum Gasteiger partial charge on any atom is 0.274 e. The smallest absolute Gasteiger partial charge is 0.274 e. The number of piperidine rings is 1. The number of carbonyl (C=O) groups excluding carboxylic acids is 2. The van der Waals surface area contributed by atoms with Crippen LogP contribution >= 0.6 is 22.9 Å². The Bertz CT molecular complexity index is 1260. The van der Waals surface area contributed by atoms with Crippen LogP contribution in [0.5, 0.6) is 0 Å². The Hall–Kier alpha value is -2.73. The van der Waals surface area contributed by atoms with Gasteiger partial charge in [-0.05, 0) is 45.2 Å². The number of likely N-dealkylation sites (tertiary alicyclic amines) is 2. The molecule has 2 amide bonds. The number of hydrogen-bond donors (Lipinski definition) is 2. The summed E-state index contributed by atoms with van der Waals surface area (Å²) in [4.78, 5) is 31.3. The fourth-order valence-corrected chi connectivity index (χ4v) is 5.83. The van der Waals surface area contributed by atoms with Crippen molar-refractivity contribution in [2.45, 2.75) is 57.8 Å². The van der Waals surface area contributed by atoms with E-state index in [0.29, 0.717) is 34.8 Å². The third-order valence-corrected chi connectivity index (χ3v) is 8.21. The molecule has 5 heterocycles. The number of halogens is 1. The van der Waals surface area contributed by atoms with Gasteiger partial charge in [0.15, 0.2) is 11.5 Å². The molecule has 2 saturated heterocycles. The predicted octanol–water partition coefficient (Wildman–Crippen LogP) is 3.11. The molecule has 0 spiro atoms. The summed E-state index contributed by atoms with van der Waals surface area (Å²) in [7, 11) is 0. The molecule has 37 heavy (non-hydrogen) atoms. The van der Waals surface area contributed by atoms with Crippen molar-refractivity contribution in [3.8, 4) is 10.6 Å². The summed E-state index contributed by atoms with van der Waals surface area (Å²) in [5, 5.41) is 21.6. The van der Waals surface area contributed by atoms with E-state index in [1.165, 1.54) is 22.1 Å². The number of aliphatic hydroxyl groups is 1. The molecule has 3 aromatic rings. The van der Waals surface area contributed by atoms with E-state index in [0.717, 1.165) is 30.8 Å². The molecule has 2 aliphatic heterocycles. The fourth-order valence-electron chi connectivity index (χ4n) is 4.84. The molecule has 2 N–H and O–H groups in total. The summed E-state index contributed by atoms with van der Waals surface area (Å²) >= 11 is 7.43. The quantitative estimate of drug-likeness (QED) is 0.467. The first-order valence-corrected chi connectivity index (χ1v) is 13.8. The van der Waals surface area contributed by atoms with Crippen molar-refractivity contribution in [2.75, 3.05) is 26.2 Å². The number of nitrogens with zero attached hydrogens (tertiary/aromatic N) is 5. The lowest BCUT2D eigenvalue weighted by Gasteiger charge is -2.34. The Morgan fingerprint density at radius 3 is 2.65 bits per heavy atom. The molecule has 0 bridgehead atoms. The number of nitrogens with one attached hydrogen (secondary N) is 1. The van der Waals surface area contributed by atoms with Crippen LogP contribution < -0.4 is 5.32 Å². The van der Waals surface area contributed by atoms with E-state index in [4.69, 9.17) is 16.1 Å². The van der Waals surface area contributed by atoms with Crippen LogP contribution in [0, 0.1) is 0 Å². The van der Waals surface area contributed by atoms with E-state index < -0.39 is 6.10 Å². The number of hydrogen-bond acceptors (Lipinski definition) is 8. The SMILES string of the molecule is CC(C)N1CCC(NC(=O)c2cc(C(=O)N3CCC(O)C3)nn2Cc2cc(-c3ccc(Cl)s3)on2)CC1. The lowest BCUT2D eigenvalue weighted by Crippen LogP contribution is -2.46. The second-order valence-electron chi connectivity index (χ2n) is 9.93. The van der Waals surface area contributed by atoms with Crippen LogP contribution in [-0.2, 0) is 6.54 Å². The second kappa shape index (κ2) is 10.9. The van der Waals surface area contributed by atoms with Crippen molar-refractivity contribution in [3.63, 3.8) is 0 Å². The summed E-state index contributed by atoms with van der Waals surface area (Å²) in [5.74, 6) is -0.00209. The molecular formula is C25H31ClN6O4S. The average molecular weight is 547 g/mol. The van der Waals surface area contributed by atoms with Crippen LogP contribution in [0.1, 0.15) is 59.8 Å². The number of thiophene rings is 1. The van der Waals surface area contributed by atoms with Crippen LogP contribution in [0.3, 0.4) is 0 Å². The zero-order valence-corrected chi connectivity index (χ0v) is 22.5. The highest BCUT2D eigenvalue weighted by Gasteiger charge is 2.30. The molecule has 0 aromatic carbocycles. The van der Waals surface area contributed by atoms with Crippen LogP contribution in [0.4, 0.5) is 0 Å². The summed E-state index contributed by atoms with van der Waals surface area (Å²) in [5.41, 5.74) is 1.03. The summed E-state index contributed by atoms with van der Waals surface area (Å²) in [6, 6.07) is 7.50. The van der Waals surface area contributed by atoms with Gasteiger partial charge in [0.2, 0.25) is 0 Å². The Morgan fingerprint density at radius 1 is 1.22 bits per heavy atom. The summed E-state index contributed by atoms with van der Waals surface area (Å²) in [6.07, 6.45) is 1.73. The topological polar surface area (TPSA) is 117 Å². The molecule has 0 radical (unpaired) electrons. The van der Waals surface area contributed by atoms with Gasteiger partial charge in [-0.3, -0.25) is 14.3 Å². The van der Waals surface area contributed by atoms with Crippen LogP contribution in [0.2, 0.25) is 4.34 Å². The van der Waals surface area contributed by atoms with Crippen LogP contribution in [0.15, 0.2) is 28.8 Å². The van der Waals surface area contributed by atoms with Crippen molar-refractivity contribution in [2.24, 2.45) is 0 Å². The van der Waals surface area contributed by atoms with Gasteiger partial charge in [-0.1, -0.05) is 16.8 Å². The highest BCUT2D eigenvalue weighted by molar-refractivity contribution is 7.19. The van der Waals surface area contributed by atoms with Crippen molar-refractivity contribution >= 4 is 34.8 Å². The molecule has 12 heteroatoms. The maximum atomic E-state index is 13.4. The minimum absolute atomic E-state index is 0.0564. The fraction of sp³-hybridized carbons (Fsp3) is 0.520. The van der Waals surface area contributed by atoms with Crippen molar-refractivity contribution < 1.29 is 19.2 Å². The third kappa shape index (κ3) is 5.90. The van der Waals surface area contributed by atoms with Crippen LogP contribution in [-0.4, -0.2) is 86.0 Å². The third-order valence-electron chi connectivity index (χ3n) is 6.96. The lowest BCUT2D eigenvalue weighted by molar-refractivity contribution is 0.0758. The van der Waals surface area contributed by atoms with E-state index >= 15 is 0 Å². The summed E-state index contributed by atoms with van der Waals surface area (Å²) < 4.78 is 7.64. The number of β-amino-alcohol motifs (C(OH)–C–C–N with tert-alkyl or cyclic N) is 1. The van der Waals surface area contributed by atoms with Crippen molar-refractivity contribution in [3.05, 3.63) is 45.7 Å². The summed E-state index contributed by atoms with van der Waals surface area (Å²) in [6.45, 7) is 7.09. The van der Waals surface area contributed by atoms with E-state index in [2.05, 4.69) is 34.3 Å². The largest absolute Gasteiger partial charge is 0.391 e. The van der Waals surface area contributed by atoms with Gasteiger partial charge in [0.1, 0.15) is 11.4 Å². The molecule has 1 unspecified atom stereocenters. The van der Waals surface area contributed by atoms with E-state index in [1.807, 2.05) is 6.07 Å². The molecule has 0 saturated carbocycles. The first-order chi connectivity index (χ1) is 17.8. The molecule has 2 fully saturated rings. The van der Waals surface area contributed by atoms with Crippen LogP contribution in [0.25, 0.3) is 10.6 Å². The van der Waals surface area contributed by atoms with Gasteiger partial charge in [0.05, 0.1) is 21.9 Å². The number of amides is 2. The minimum Gasteiger partial charge on any atom is -0.391 e. The normalized spacial score (nSPS) is 19.2. The van der Waals surface area contributed by atoms with E-state index in [9.17, 15) is 14.7 Å². The number of carbonyl (C=O) groups is 2. The first kappa shape index (κ1) is 25.9. The molecule has 10 nitrogen and oxygen atoms in total. The zero-order chi connectivity index (χ0) is 26.1. The minimum atomic E-state index is -0.537. The van der Waals surface area contributed by atoms with Gasteiger partial charge in [0.25, 0.3) is 11.8 Å². The van der Waals surface area contributed by atoms with Gasteiger partial charge in [0, 0.05) is 50.4 Å². The number of aromatic nitrogens is 3. The van der Waals surface area contributed by atoms with Gasteiger partial charge < -0.3 is 24.7 Å². The molecule has 1 atom stereocenters. The predicted molar refractivity (Wildman–Crippen MR) is 140 cm³/mol. The number of rotatable bonds is 7. The first-order valence-electron chi connectivity index (χ1n) is 12.6. The maximum absolute atomic E-state index is 13.4. The molecule has 198 valence electrons. The Labute approximate surface area is 224 Å². The molecule has 3 aromatic heterocycles. The highest BCUT2D eigenvalue weighted by atomic mass is 35.5. The zero-order valence-electron chi connectivity index (χ0n) is 20.9. The average Bonchev–Trinajstić information content (AvgIpc) is 3.67. The van der Waals surface area contributed by atoms with Gasteiger partial charge in [-0.15, -0.1) is 11.3 Å². The van der Waals surface area contributed by atoms with Gasteiger partial charge in [-0.25, -0.2) is 0 Å².